The van der Waals surface area contributed by atoms with Crippen LogP contribution >= 0.6 is 0 Å². The van der Waals surface area contributed by atoms with Gasteiger partial charge in [-0.2, -0.15) is 0 Å². The van der Waals surface area contributed by atoms with Gasteiger partial charge in [-0.1, -0.05) is 12.1 Å². The third-order valence-electron chi connectivity index (χ3n) is 2.74. The Kier molecular flexibility index (Phi) is 2.99. The maximum Gasteiger partial charge on any atom is 0.261 e. The lowest BCUT2D eigenvalue weighted by Gasteiger charge is -2.21. The molecule has 0 N–H and O–H groups in total. The maximum absolute atomic E-state index is 12.8. The number of benzene rings is 1. The molecular weight excluding hydrogens is 225 g/mol. The van der Waals surface area contributed by atoms with E-state index in [0.29, 0.717) is 6.29 Å². The average Bonchev–Trinajstić information content (AvgIpc) is 2.61. The van der Waals surface area contributed by atoms with Crippen molar-refractivity contribution in [2.45, 2.75) is 12.5 Å². The molecule has 1 aliphatic heterocycles. The normalized spacial score (nSPS) is 15.9. The summed E-state index contributed by atoms with van der Waals surface area (Å²) >= 11 is 0. The lowest BCUT2D eigenvalue weighted by Crippen LogP contribution is -2.41. The monoisotopic (exact) mass is 235 g/mol. The number of fused-ring (bicyclic) bond motifs is 1. The number of carbonyl (C=O) groups is 3. The van der Waals surface area contributed by atoms with E-state index < -0.39 is 24.5 Å². The number of rotatable bonds is 4. The molecule has 0 radical (unpaired) electrons. The zero-order valence-corrected chi connectivity index (χ0v) is 8.93. The number of hydrogen-bond acceptors (Lipinski definition) is 3. The van der Waals surface area contributed by atoms with Crippen molar-refractivity contribution >= 4 is 18.1 Å². The minimum atomic E-state index is -1.00. The molecule has 0 aliphatic carbocycles. The third-order valence-corrected chi connectivity index (χ3v) is 2.74. The predicted molar refractivity (Wildman–Crippen MR) is 57.4 cm³/mol. The smallest absolute Gasteiger partial charge is 0.261 e. The molecule has 0 saturated heterocycles. The second-order valence-electron chi connectivity index (χ2n) is 3.74. The number of aldehydes is 1. The minimum absolute atomic E-state index is 0.179. The Bertz CT molecular complexity index is 451. The Morgan fingerprint density at radius 2 is 1.71 bits per heavy atom. The summed E-state index contributed by atoms with van der Waals surface area (Å²) in [5.74, 6) is -1.06. The van der Waals surface area contributed by atoms with Crippen molar-refractivity contribution in [1.29, 1.82) is 0 Å². The van der Waals surface area contributed by atoms with Gasteiger partial charge in [0.1, 0.15) is 13.0 Å². The van der Waals surface area contributed by atoms with E-state index in [2.05, 4.69) is 0 Å². The summed E-state index contributed by atoms with van der Waals surface area (Å²) in [5.41, 5.74) is 0.531. The van der Waals surface area contributed by atoms with Gasteiger partial charge in [-0.15, -0.1) is 0 Å². The molecule has 0 aromatic heterocycles. The van der Waals surface area contributed by atoms with Crippen LogP contribution in [0.3, 0.4) is 0 Å². The van der Waals surface area contributed by atoms with Crippen molar-refractivity contribution in [1.82, 2.24) is 4.90 Å². The molecule has 0 bridgehead atoms. The number of hydrogen-bond donors (Lipinski definition) is 0. The van der Waals surface area contributed by atoms with Crippen LogP contribution in [0.2, 0.25) is 0 Å². The number of alkyl halides is 1. The van der Waals surface area contributed by atoms with E-state index in [-0.39, 0.29) is 17.5 Å². The highest BCUT2D eigenvalue weighted by molar-refractivity contribution is 6.21. The van der Waals surface area contributed by atoms with Crippen LogP contribution in [0.15, 0.2) is 24.3 Å². The quantitative estimate of drug-likeness (QED) is 0.582. The average molecular weight is 235 g/mol. The van der Waals surface area contributed by atoms with E-state index in [1.165, 1.54) is 12.1 Å². The Morgan fingerprint density at radius 3 is 2.12 bits per heavy atom. The summed E-state index contributed by atoms with van der Waals surface area (Å²) in [4.78, 5) is 35.0. The first-order chi connectivity index (χ1) is 8.20. The van der Waals surface area contributed by atoms with Crippen LogP contribution in [0.5, 0.6) is 0 Å². The Morgan fingerprint density at radius 1 is 1.18 bits per heavy atom. The summed E-state index contributed by atoms with van der Waals surface area (Å²) in [7, 11) is 0. The lowest BCUT2D eigenvalue weighted by molar-refractivity contribution is -0.108. The summed E-state index contributed by atoms with van der Waals surface area (Å²) in [6.45, 7) is -0.912. The van der Waals surface area contributed by atoms with Crippen LogP contribution in [0.1, 0.15) is 27.1 Å². The molecule has 1 aromatic rings. The number of nitrogens with zero attached hydrogens (tertiary/aromatic N) is 1. The van der Waals surface area contributed by atoms with Crippen molar-refractivity contribution < 1.29 is 18.8 Å². The van der Waals surface area contributed by atoms with E-state index in [4.69, 9.17) is 0 Å². The molecule has 0 saturated carbocycles. The van der Waals surface area contributed by atoms with E-state index in [1.54, 1.807) is 12.1 Å². The molecule has 1 aromatic carbocycles. The molecule has 1 heterocycles. The van der Waals surface area contributed by atoms with Crippen molar-refractivity contribution in [3.63, 3.8) is 0 Å². The van der Waals surface area contributed by atoms with Crippen LogP contribution in [0.25, 0.3) is 0 Å². The topological polar surface area (TPSA) is 54.5 Å². The first-order valence-corrected chi connectivity index (χ1v) is 5.17. The fourth-order valence-electron chi connectivity index (χ4n) is 1.89. The van der Waals surface area contributed by atoms with Crippen LogP contribution in [0.4, 0.5) is 4.39 Å². The van der Waals surface area contributed by atoms with Gasteiger partial charge in [0, 0.05) is 6.42 Å². The van der Waals surface area contributed by atoms with Gasteiger partial charge in [-0.05, 0) is 12.1 Å². The molecule has 4 nitrogen and oxygen atoms in total. The van der Waals surface area contributed by atoms with Gasteiger partial charge in [0.05, 0.1) is 17.2 Å². The van der Waals surface area contributed by atoms with Gasteiger partial charge < -0.3 is 4.79 Å². The number of amides is 2. The predicted octanol–water partition coefficient (Wildman–Crippen LogP) is 1.21. The fraction of sp³-hybridized carbons (Fsp3) is 0.250. The Balaban J connectivity index is 2.38. The number of carbonyl (C=O) groups excluding carboxylic acids is 3. The van der Waals surface area contributed by atoms with Crippen molar-refractivity contribution in [3.8, 4) is 0 Å². The van der Waals surface area contributed by atoms with E-state index >= 15 is 0 Å². The minimum Gasteiger partial charge on any atom is -0.303 e. The molecule has 17 heavy (non-hydrogen) atoms. The highest BCUT2D eigenvalue weighted by Gasteiger charge is 2.39. The number of halogens is 1. The van der Waals surface area contributed by atoms with Crippen LogP contribution in [0, 0.1) is 0 Å². The van der Waals surface area contributed by atoms with Crippen molar-refractivity contribution in [2.75, 3.05) is 6.67 Å². The number of imide groups is 1. The first kappa shape index (κ1) is 11.4. The molecule has 5 heteroatoms. The summed E-state index contributed by atoms with van der Waals surface area (Å²) in [6.07, 6.45) is 0.329. The summed E-state index contributed by atoms with van der Waals surface area (Å²) < 4.78 is 12.8. The van der Waals surface area contributed by atoms with Gasteiger partial charge in [-0.3, -0.25) is 14.5 Å². The van der Waals surface area contributed by atoms with Crippen LogP contribution in [-0.4, -0.2) is 35.7 Å². The van der Waals surface area contributed by atoms with Crippen molar-refractivity contribution in [3.05, 3.63) is 35.4 Å². The third kappa shape index (κ3) is 1.73. The SMILES string of the molecule is O=CCC(CF)N1C(=O)c2ccccc2C1=O. The maximum atomic E-state index is 12.8. The zero-order valence-electron chi connectivity index (χ0n) is 8.93. The molecular formula is C12H10FNO3. The largest absolute Gasteiger partial charge is 0.303 e. The van der Waals surface area contributed by atoms with Gasteiger partial charge in [0.25, 0.3) is 11.8 Å². The summed E-state index contributed by atoms with van der Waals surface area (Å²) in [6, 6.07) is 5.31. The van der Waals surface area contributed by atoms with E-state index in [0.717, 1.165) is 4.90 Å². The molecule has 1 atom stereocenters. The molecule has 1 unspecified atom stereocenters. The zero-order chi connectivity index (χ0) is 12.4. The molecule has 2 rings (SSSR count). The fourth-order valence-corrected chi connectivity index (χ4v) is 1.89. The summed E-state index contributed by atoms with van der Waals surface area (Å²) in [5, 5.41) is 0. The van der Waals surface area contributed by atoms with Crippen LogP contribution < -0.4 is 0 Å². The lowest BCUT2D eigenvalue weighted by atomic mass is 10.1. The molecule has 1 aliphatic rings. The van der Waals surface area contributed by atoms with Gasteiger partial charge >= 0.3 is 0 Å². The van der Waals surface area contributed by atoms with Gasteiger partial charge in [0.2, 0.25) is 0 Å². The molecule has 0 spiro atoms. The molecule has 2 amide bonds. The van der Waals surface area contributed by atoms with E-state index in [1.807, 2.05) is 0 Å². The van der Waals surface area contributed by atoms with Crippen molar-refractivity contribution in [2.24, 2.45) is 0 Å². The second kappa shape index (κ2) is 4.45. The standard InChI is InChI=1S/C12H10FNO3/c13-7-8(5-6-15)14-11(16)9-3-1-2-4-10(9)12(14)17/h1-4,6,8H,5,7H2. The second-order valence-corrected chi connectivity index (χ2v) is 3.74. The Hall–Kier alpha value is -2.04. The molecule has 88 valence electrons. The van der Waals surface area contributed by atoms with Crippen LogP contribution in [-0.2, 0) is 4.79 Å². The van der Waals surface area contributed by atoms with Gasteiger partial charge in [0.15, 0.2) is 0 Å². The Labute approximate surface area is 97.0 Å². The first-order valence-electron chi connectivity index (χ1n) is 5.17. The van der Waals surface area contributed by atoms with Gasteiger partial charge in [-0.25, -0.2) is 4.39 Å². The van der Waals surface area contributed by atoms with E-state index in [9.17, 15) is 18.8 Å². The highest BCUT2D eigenvalue weighted by atomic mass is 19.1. The molecule has 0 fully saturated rings. The highest BCUT2D eigenvalue weighted by Crippen LogP contribution is 2.25.